The first kappa shape index (κ1) is 22.8. The maximum absolute atomic E-state index is 12.2. The summed E-state index contributed by atoms with van der Waals surface area (Å²) < 4.78 is 6.27. The molecule has 1 aromatic heterocycles. The van der Waals surface area contributed by atoms with Crippen molar-refractivity contribution in [2.24, 2.45) is 0 Å². The van der Waals surface area contributed by atoms with E-state index in [0.29, 0.717) is 18.7 Å². The molecule has 0 aliphatic heterocycles. The van der Waals surface area contributed by atoms with Crippen molar-refractivity contribution < 1.29 is 19.1 Å². The van der Waals surface area contributed by atoms with Crippen LogP contribution in [0.1, 0.15) is 41.9 Å². The third kappa shape index (κ3) is 6.00. The maximum atomic E-state index is 12.2. The molecule has 0 aliphatic carbocycles. The fourth-order valence-electron chi connectivity index (χ4n) is 2.71. The molecule has 0 saturated carbocycles. The Bertz CT molecular complexity index is 979. The van der Waals surface area contributed by atoms with Crippen molar-refractivity contribution in [1.82, 2.24) is 15.1 Å². The van der Waals surface area contributed by atoms with Gasteiger partial charge in [-0.25, -0.2) is 9.48 Å². The number of anilines is 1. The van der Waals surface area contributed by atoms with Gasteiger partial charge in [-0.3, -0.25) is 14.4 Å². The SMILES string of the molecule is CCCn1nc(C(=O)O[C@@H](C)C(=O)NCC(=O)Nc2c(C)cccc2C)ccc1=O. The number of aromatic nitrogens is 2. The number of rotatable bonds is 8. The minimum absolute atomic E-state index is 0.0736. The number of ether oxygens (including phenoxy) is 1. The van der Waals surface area contributed by atoms with Crippen LogP contribution < -0.4 is 16.2 Å². The molecule has 0 bridgehead atoms. The number of hydrogen-bond donors (Lipinski definition) is 2. The van der Waals surface area contributed by atoms with E-state index in [-0.39, 0.29) is 17.8 Å². The molecule has 0 aliphatic rings. The first-order chi connectivity index (χ1) is 14.2. The van der Waals surface area contributed by atoms with Crippen LogP contribution in [-0.2, 0) is 20.9 Å². The molecule has 0 unspecified atom stereocenters. The Hall–Kier alpha value is -3.49. The highest BCUT2D eigenvalue weighted by Gasteiger charge is 2.21. The molecule has 9 heteroatoms. The monoisotopic (exact) mass is 414 g/mol. The van der Waals surface area contributed by atoms with Crippen LogP contribution in [0.15, 0.2) is 35.1 Å². The number of esters is 1. The zero-order chi connectivity index (χ0) is 22.3. The second-order valence-electron chi connectivity index (χ2n) is 6.86. The van der Waals surface area contributed by atoms with Gasteiger partial charge in [-0.05, 0) is 44.4 Å². The highest BCUT2D eigenvalue weighted by molar-refractivity contribution is 5.96. The standard InChI is InChI=1S/C21H26N4O5/c1-5-11-25-18(27)10-9-16(24-25)21(29)30-15(4)20(28)22-12-17(26)23-19-13(2)7-6-8-14(19)3/h6-10,15H,5,11-12H2,1-4H3,(H,22,28)(H,23,26)/t15-/m0/s1. The van der Waals surface area contributed by atoms with Gasteiger partial charge in [-0.1, -0.05) is 25.1 Å². The van der Waals surface area contributed by atoms with Crippen molar-refractivity contribution in [2.75, 3.05) is 11.9 Å². The third-order valence-corrected chi connectivity index (χ3v) is 4.33. The number of carbonyl (C=O) groups is 3. The minimum Gasteiger partial charge on any atom is -0.448 e. The summed E-state index contributed by atoms with van der Waals surface area (Å²) in [7, 11) is 0. The Morgan fingerprint density at radius 1 is 1.13 bits per heavy atom. The normalized spacial score (nSPS) is 11.5. The van der Waals surface area contributed by atoms with Gasteiger partial charge in [-0.15, -0.1) is 0 Å². The van der Waals surface area contributed by atoms with Crippen LogP contribution >= 0.6 is 0 Å². The lowest BCUT2D eigenvalue weighted by atomic mass is 10.1. The number of hydrogen-bond acceptors (Lipinski definition) is 6. The molecule has 0 fully saturated rings. The van der Waals surface area contributed by atoms with E-state index in [2.05, 4.69) is 15.7 Å². The average molecular weight is 414 g/mol. The van der Waals surface area contributed by atoms with Gasteiger partial charge in [0, 0.05) is 18.3 Å². The van der Waals surface area contributed by atoms with Crippen molar-refractivity contribution in [2.45, 2.75) is 46.8 Å². The van der Waals surface area contributed by atoms with Gasteiger partial charge in [0.25, 0.3) is 11.5 Å². The Labute approximate surface area is 174 Å². The quantitative estimate of drug-likeness (QED) is 0.633. The zero-order valence-corrected chi connectivity index (χ0v) is 17.5. The molecule has 1 heterocycles. The summed E-state index contributed by atoms with van der Waals surface area (Å²) in [4.78, 5) is 48.2. The molecule has 1 aromatic carbocycles. The number of para-hydroxylation sites is 1. The van der Waals surface area contributed by atoms with Crippen molar-refractivity contribution in [1.29, 1.82) is 0 Å². The molecular weight excluding hydrogens is 388 g/mol. The first-order valence-corrected chi connectivity index (χ1v) is 9.65. The highest BCUT2D eigenvalue weighted by atomic mass is 16.5. The molecule has 30 heavy (non-hydrogen) atoms. The van der Waals surface area contributed by atoms with Gasteiger partial charge in [0.1, 0.15) is 0 Å². The number of nitrogens with zero attached hydrogens (tertiary/aromatic N) is 2. The molecule has 160 valence electrons. The Morgan fingerprint density at radius 2 is 1.80 bits per heavy atom. The highest BCUT2D eigenvalue weighted by Crippen LogP contribution is 2.18. The largest absolute Gasteiger partial charge is 0.448 e. The van der Waals surface area contributed by atoms with Gasteiger partial charge in [0.05, 0.1) is 6.54 Å². The third-order valence-electron chi connectivity index (χ3n) is 4.33. The van der Waals surface area contributed by atoms with Gasteiger partial charge >= 0.3 is 5.97 Å². The van der Waals surface area contributed by atoms with E-state index < -0.39 is 23.9 Å². The fraction of sp³-hybridized carbons (Fsp3) is 0.381. The first-order valence-electron chi connectivity index (χ1n) is 9.65. The summed E-state index contributed by atoms with van der Waals surface area (Å²) in [6, 6.07) is 8.11. The molecule has 2 aromatic rings. The molecule has 9 nitrogen and oxygen atoms in total. The van der Waals surface area contributed by atoms with Crippen molar-refractivity contribution in [3.63, 3.8) is 0 Å². The van der Waals surface area contributed by atoms with Crippen LogP contribution in [0.25, 0.3) is 0 Å². The lowest BCUT2D eigenvalue weighted by molar-refractivity contribution is -0.130. The van der Waals surface area contributed by atoms with Crippen LogP contribution in [0.4, 0.5) is 5.69 Å². The summed E-state index contributed by atoms with van der Waals surface area (Å²) in [5.74, 6) is -1.85. The average Bonchev–Trinajstić information content (AvgIpc) is 2.70. The van der Waals surface area contributed by atoms with Crippen LogP contribution in [-0.4, -0.2) is 40.2 Å². The van der Waals surface area contributed by atoms with Crippen LogP contribution in [0.5, 0.6) is 0 Å². The van der Waals surface area contributed by atoms with Crippen molar-refractivity contribution in [3.8, 4) is 0 Å². The lowest BCUT2D eigenvalue weighted by Crippen LogP contribution is -2.40. The molecule has 2 N–H and O–H groups in total. The summed E-state index contributed by atoms with van der Waals surface area (Å²) in [5, 5.41) is 9.14. The van der Waals surface area contributed by atoms with Crippen molar-refractivity contribution in [3.05, 3.63) is 57.5 Å². The number of benzene rings is 1. The van der Waals surface area contributed by atoms with Gasteiger partial charge in [0.15, 0.2) is 11.8 Å². The maximum Gasteiger partial charge on any atom is 0.359 e. The Balaban J connectivity index is 1.90. The molecule has 0 radical (unpaired) electrons. The van der Waals surface area contributed by atoms with Crippen molar-refractivity contribution >= 4 is 23.5 Å². The van der Waals surface area contributed by atoms with Crippen LogP contribution in [0.3, 0.4) is 0 Å². The van der Waals surface area contributed by atoms with E-state index in [1.165, 1.54) is 23.7 Å². The molecule has 0 saturated heterocycles. The lowest BCUT2D eigenvalue weighted by Gasteiger charge is -2.15. The number of nitrogens with one attached hydrogen (secondary N) is 2. The van der Waals surface area contributed by atoms with E-state index in [9.17, 15) is 19.2 Å². The number of aryl methyl sites for hydroxylation is 3. The summed E-state index contributed by atoms with van der Waals surface area (Å²) in [6.07, 6.45) is -0.465. The molecule has 2 rings (SSSR count). The second kappa shape index (κ2) is 10.3. The topological polar surface area (TPSA) is 119 Å². The predicted molar refractivity (Wildman–Crippen MR) is 111 cm³/mol. The number of amides is 2. The van der Waals surface area contributed by atoms with Crippen LogP contribution in [0, 0.1) is 13.8 Å². The summed E-state index contributed by atoms with van der Waals surface area (Å²) in [6.45, 7) is 7.11. The van der Waals surface area contributed by atoms with E-state index in [1.807, 2.05) is 39.0 Å². The fourth-order valence-corrected chi connectivity index (χ4v) is 2.71. The summed E-state index contributed by atoms with van der Waals surface area (Å²) in [5.41, 5.74) is 2.12. The van der Waals surface area contributed by atoms with E-state index in [1.54, 1.807) is 0 Å². The molecule has 0 spiro atoms. The predicted octanol–water partition coefficient (Wildman–Crippen LogP) is 1.57. The van der Waals surface area contributed by atoms with Gasteiger partial charge in [-0.2, -0.15) is 5.10 Å². The molecule has 2 amide bonds. The minimum atomic E-state index is -1.14. The smallest absolute Gasteiger partial charge is 0.359 e. The Kier molecular flexibility index (Phi) is 7.85. The van der Waals surface area contributed by atoms with E-state index in [0.717, 1.165) is 11.1 Å². The van der Waals surface area contributed by atoms with Gasteiger partial charge in [0.2, 0.25) is 5.91 Å². The molecular formula is C21H26N4O5. The number of carbonyl (C=O) groups excluding carboxylic acids is 3. The van der Waals surface area contributed by atoms with E-state index in [4.69, 9.17) is 4.74 Å². The van der Waals surface area contributed by atoms with E-state index >= 15 is 0 Å². The summed E-state index contributed by atoms with van der Waals surface area (Å²) >= 11 is 0. The second-order valence-corrected chi connectivity index (χ2v) is 6.86. The Morgan fingerprint density at radius 3 is 2.43 bits per heavy atom. The zero-order valence-electron chi connectivity index (χ0n) is 17.5. The molecule has 1 atom stereocenters. The van der Waals surface area contributed by atoms with Gasteiger partial charge < -0.3 is 15.4 Å². The van der Waals surface area contributed by atoms with Crippen LogP contribution in [0.2, 0.25) is 0 Å².